The smallest absolute Gasteiger partial charge is 0.00458 e. The molecule has 1 fully saturated rings. The molecule has 0 amide bonds. The van der Waals surface area contributed by atoms with Gasteiger partial charge in [-0.05, 0) is 61.8 Å². The first-order valence-electron chi connectivity index (χ1n) is 8.31. The van der Waals surface area contributed by atoms with Crippen LogP contribution in [0.15, 0.2) is 0 Å². The highest BCUT2D eigenvalue weighted by molar-refractivity contribution is 7.80. The Kier molecular flexibility index (Phi) is 7.83. The standard InChI is InChI=1S/C17H35NS/c1-15(2)7-11-18(12-8-16(3)4)13-17(14-19)9-5-6-10-17/h15-16,19H,5-14H2,1-4H3. The van der Waals surface area contributed by atoms with Gasteiger partial charge in [0.15, 0.2) is 0 Å². The van der Waals surface area contributed by atoms with E-state index in [0.717, 1.165) is 17.6 Å². The first-order valence-corrected chi connectivity index (χ1v) is 8.94. The van der Waals surface area contributed by atoms with Crippen molar-refractivity contribution in [3.63, 3.8) is 0 Å². The highest BCUT2D eigenvalue weighted by atomic mass is 32.1. The Morgan fingerprint density at radius 2 is 1.42 bits per heavy atom. The molecule has 0 N–H and O–H groups in total. The first kappa shape index (κ1) is 17.4. The summed E-state index contributed by atoms with van der Waals surface area (Å²) < 4.78 is 0. The van der Waals surface area contributed by atoms with E-state index in [2.05, 4.69) is 45.2 Å². The second kappa shape index (κ2) is 8.56. The molecule has 0 saturated heterocycles. The molecule has 1 nitrogen and oxygen atoms in total. The third kappa shape index (κ3) is 6.53. The Morgan fingerprint density at radius 3 is 1.79 bits per heavy atom. The van der Waals surface area contributed by atoms with E-state index in [4.69, 9.17) is 0 Å². The Hall–Kier alpha value is 0.310. The van der Waals surface area contributed by atoms with Crippen LogP contribution >= 0.6 is 12.6 Å². The van der Waals surface area contributed by atoms with Crippen LogP contribution in [0.2, 0.25) is 0 Å². The van der Waals surface area contributed by atoms with Crippen molar-refractivity contribution in [2.24, 2.45) is 17.3 Å². The molecule has 19 heavy (non-hydrogen) atoms. The molecule has 0 bridgehead atoms. The van der Waals surface area contributed by atoms with Gasteiger partial charge in [-0.15, -0.1) is 0 Å². The van der Waals surface area contributed by atoms with Crippen LogP contribution in [0, 0.1) is 17.3 Å². The van der Waals surface area contributed by atoms with E-state index in [0.29, 0.717) is 5.41 Å². The van der Waals surface area contributed by atoms with Crippen LogP contribution in [-0.4, -0.2) is 30.3 Å². The van der Waals surface area contributed by atoms with Gasteiger partial charge in [-0.2, -0.15) is 12.6 Å². The lowest BCUT2D eigenvalue weighted by molar-refractivity contribution is 0.158. The number of rotatable bonds is 9. The van der Waals surface area contributed by atoms with E-state index in [1.165, 1.54) is 58.2 Å². The topological polar surface area (TPSA) is 3.24 Å². The highest BCUT2D eigenvalue weighted by Gasteiger charge is 2.34. The van der Waals surface area contributed by atoms with E-state index in [1.807, 2.05) is 0 Å². The SMILES string of the molecule is CC(C)CCN(CCC(C)C)CC1(CS)CCCC1. The fourth-order valence-electron chi connectivity index (χ4n) is 3.12. The maximum absolute atomic E-state index is 4.67. The molecule has 0 unspecified atom stereocenters. The molecule has 1 aliphatic carbocycles. The summed E-state index contributed by atoms with van der Waals surface area (Å²) >= 11 is 4.67. The van der Waals surface area contributed by atoms with Crippen LogP contribution in [0.1, 0.15) is 66.2 Å². The number of thiol groups is 1. The first-order chi connectivity index (χ1) is 8.97. The van der Waals surface area contributed by atoms with Gasteiger partial charge in [0.25, 0.3) is 0 Å². The molecule has 0 atom stereocenters. The number of hydrogen-bond donors (Lipinski definition) is 1. The lowest BCUT2D eigenvalue weighted by Gasteiger charge is -2.35. The van der Waals surface area contributed by atoms with E-state index in [-0.39, 0.29) is 0 Å². The predicted octanol–water partition coefficient (Wildman–Crippen LogP) is 4.87. The highest BCUT2D eigenvalue weighted by Crippen LogP contribution is 2.39. The molecule has 1 saturated carbocycles. The third-order valence-corrected chi connectivity index (χ3v) is 5.27. The molecule has 1 rings (SSSR count). The van der Waals surface area contributed by atoms with Crippen molar-refractivity contribution in [2.45, 2.75) is 66.2 Å². The average Bonchev–Trinajstić information content (AvgIpc) is 2.81. The van der Waals surface area contributed by atoms with Crippen LogP contribution in [-0.2, 0) is 0 Å². The van der Waals surface area contributed by atoms with E-state index >= 15 is 0 Å². The van der Waals surface area contributed by atoms with Crippen molar-refractivity contribution in [1.29, 1.82) is 0 Å². The molecule has 0 radical (unpaired) electrons. The summed E-state index contributed by atoms with van der Waals surface area (Å²) in [4.78, 5) is 2.74. The zero-order valence-corrected chi connectivity index (χ0v) is 14.5. The molecule has 0 aromatic carbocycles. The third-order valence-electron chi connectivity index (χ3n) is 4.60. The largest absolute Gasteiger partial charge is 0.303 e. The van der Waals surface area contributed by atoms with Crippen LogP contribution in [0.4, 0.5) is 0 Å². The van der Waals surface area contributed by atoms with Crippen LogP contribution in [0.25, 0.3) is 0 Å². The fourth-order valence-corrected chi connectivity index (χ4v) is 3.53. The Balaban J connectivity index is 2.50. The van der Waals surface area contributed by atoms with Gasteiger partial charge in [0.2, 0.25) is 0 Å². The average molecular weight is 286 g/mol. The summed E-state index contributed by atoms with van der Waals surface area (Å²) in [5.41, 5.74) is 0.525. The fraction of sp³-hybridized carbons (Fsp3) is 1.00. The van der Waals surface area contributed by atoms with Crippen molar-refractivity contribution >= 4 is 12.6 Å². The minimum Gasteiger partial charge on any atom is -0.303 e. The van der Waals surface area contributed by atoms with Gasteiger partial charge in [-0.25, -0.2) is 0 Å². The second-order valence-corrected chi connectivity index (χ2v) is 7.82. The Bertz CT molecular complexity index is 219. The van der Waals surface area contributed by atoms with E-state index < -0.39 is 0 Å². The molecular weight excluding hydrogens is 250 g/mol. The molecular formula is C17H35NS. The van der Waals surface area contributed by atoms with E-state index in [1.54, 1.807) is 0 Å². The Morgan fingerprint density at radius 1 is 0.947 bits per heavy atom. The van der Waals surface area contributed by atoms with Crippen molar-refractivity contribution < 1.29 is 0 Å². The molecule has 2 heteroatoms. The van der Waals surface area contributed by atoms with Gasteiger partial charge in [0.05, 0.1) is 0 Å². The summed E-state index contributed by atoms with van der Waals surface area (Å²) in [6.45, 7) is 13.2. The molecule has 0 heterocycles. The molecule has 0 spiro atoms. The van der Waals surface area contributed by atoms with Crippen molar-refractivity contribution in [2.75, 3.05) is 25.4 Å². The Labute approximate surface area is 126 Å². The quantitative estimate of drug-likeness (QED) is 0.591. The summed E-state index contributed by atoms with van der Waals surface area (Å²) in [5, 5.41) is 0. The van der Waals surface area contributed by atoms with Gasteiger partial charge >= 0.3 is 0 Å². The van der Waals surface area contributed by atoms with Gasteiger partial charge in [0.1, 0.15) is 0 Å². The summed E-state index contributed by atoms with van der Waals surface area (Å²) in [7, 11) is 0. The van der Waals surface area contributed by atoms with Crippen molar-refractivity contribution in [3.05, 3.63) is 0 Å². The van der Waals surface area contributed by atoms with E-state index in [9.17, 15) is 0 Å². The molecule has 0 aromatic heterocycles. The summed E-state index contributed by atoms with van der Waals surface area (Å²) in [5.74, 6) is 2.71. The maximum atomic E-state index is 4.67. The van der Waals surface area contributed by atoms with Gasteiger partial charge in [-0.3, -0.25) is 0 Å². The van der Waals surface area contributed by atoms with Gasteiger partial charge < -0.3 is 4.90 Å². The molecule has 0 aliphatic heterocycles. The van der Waals surface area contributed by atoms with Gasteiger partial charge in [-0.1, -0.05) is 40.5 Å². The summed E-state index contributed by atoms with van der Waals surface area (Å²) in [6.07, 6.45) is 8.31. The molecule has 114 valence electrons. The maximum Gasteiger partial charge on any atom is 0.00458 e. The number of hydrogen-bond acceptors (Lipinski definition) is 2. The minimum absolute atomic E-state index is 0.525. The molecule has 1 aliphatic rings. The molecule has 0 aromatic rings. The predicted molar refractivity (Wildman–Crippen MR) is 90.1 cm³/mol. The van der Waals surface area contributed by atoms with Crippen molar-refractivity contribution in [3.8, 4) is 0 Å². The zero-order chi connectivity index (χ0) is 14.3. The minimum atomic E-state index is 0.525. The summed E-state index contributed by atoms with van der Waals surface area (Å²) in [6, 6.07) is 0. The van der Waals surface area contributed by atoms with Crippen LogP contribution in [0.3, 0.4) is 0 Å². The van der Waals surface area contributed by atoms with Crippen LogP contribution in [0.5, 0.6) is 0 Å². The normalized spacial score (nSPS) is 18.9. The monoisotopic (exact) mass is 285 g/mol. The number of nitrogens with zero attached hydrogens (tertiary/aromatic N) is 1. The van der Waals surface area contributed by atoms with Crippen molar-refractivity contribution in [1.82, 2.24) is 4.90 Å². The lowest BCUT2D eigenvalue weighted by Crippen LogP contribution is -2.39. The second-order valence-electron chi connectivity index (χ2n) is 7.51. The van der Waals surface area contributed by atoms with Crippen LogP contribution < -0.4 is 0 Å². The zero-order valence-electron chi connectivity index (χ0n) is 13.6. The lowest BCUT2D eigenvalue weighted by atomic mass is 9.87. The van der Waals surface area contributed by atoms with Gasteiger partial charge in [0, 0.05) is 6.54 Å².